The van der Waals surface area contributed by atoms with Crippen molar-refractivity contribution in [2.45, 2.75) is 19.5 Å². The zero-order valence-corrected chi connectivity index (χ0v) is 13.6. The van der Waals surface area contributed by atoms with Gasteiger partial charge in [0, 0.05) is 0 Å². The van der Waals surface area contributed by atoms with Crippen LogP contribution >= 0.6 is 0 Å². The molecule has 4 nitrogen and oxygen atoms in total. The first kappa shape index (κ1) is 18.6. The average Bonchev–Trinajstić information content (AvgIpc) is 2.59. The lowest BCUT2D eigenvalue weighted by Crippen LogP contribution is -2.21. The molecule has 2 rings (SSSR count). The standard InChI is InChI=1S/C18H18F3NO3/c1-2-10-24-16-9-8-13(18(19,20)21)11-15(16)22-17(23)12-25-14-6-4-3-5-7-14/h3-9,11H,2,10,12H2,1H3,(H,22,23). The van der Waals surface area contributed by atoms with Crippen LogP contribution in [0.4, 0.5) is 18.9 Å². The van der Waals surface area contributed by atoms with Gasteiger partial charge in [0.05, 0.1) is 17.9 Å². The number of carbonyl (C=O) groups excluding carboxylic acids is 1. The number of hydrogen-bond acceptors (Lipinski definition) is 3. The van der Waals surface area contributed by atoms with E-state index in [1.54, 1.807) is 30.3 Å². The van der Waals surface area contributed by atoms with E-state index in [4.69, 9.17) is 9.47 Å². The number of carbonyl (C=O) groups is 1. The second kappa shape index (κ2) is 8.41. The van der Waals surface area contributed by atoms with Crippen molar-refractivity contribution in [3.63, 3.8) is 0 Å². The first-order valence-electron chi connectivity index (χ1n) is 7.72. The highest BCUT2D eigenvalue weighted by atomic mass is 19.4. The molecule has 2 aromatic rings. The number of halogens is 3. The lowest BCUT2D eigenvalue weighted by atomic mass is 10.1. The molecule has 2 aromatic carbocycles. The number of anilines is 1. The van der Waals surface area contributed by atoms with E-state index in [1.807, 2.05) is 6.92 Å². The quantitative estimate of drug-likeness (QED) is 0.797. The number of para-hydroxylation sites is 1. The van der Waals surface area contributed by atoms with Crippen molar-refractivity contribution in [1.29, 1.82) is 0 Å². The molecule has 0 saturated heterocycles. The summed E-state index contributed by atoms with van der Waals surface area (Å²) in [5.74, 6) is 0.0941. The minimum atomic E-state index is -4.51. The molecule has 7 heteroatoms. The Kier molecular flexibility index (Phi) is 6.27. The fourth-order valence-electron chi connectivity index (χ4n) is 1.99. The number of hydrogen-bond donors (Lipinski definition) is 1. The second-order valence-corrected chi connectivity index (χ2v) is 5.21. The molecule has 0 aliphatic rings. The van der Waals surface area contributed by atoms with E-state index < -0.39 is 17.6 Å². The van der Waals surface area contributed by atoms with Gasteiger partial charge in [-0.15, -0.1) is 0 Å². The minimum Gasteiger partial charge on any atom is -0.491 e. The number of nitrogens with one attached hydrogen (secondary N) is 1. The van der Waals surface area contributed by atoms with Gasteiger partial charge in [0.15, 0.2) is 6.61 Å². The minimum absolute atomic E-state index is 0.0371. The maximum atomic E-state index is 12.9. The summed E-state index contributed by atoms with van der Waals surface area (Å²) in [6.07, 6.45) is -3.82. The van der Waals surface area contributed by atoms with Gasteiger partial charge in [-0.2, -0.15) is 13.2 Å². The van der Waals surface area contributed by atoms with Crippen LogP contribution in [0, 0.1) is 0 Å². The molecule has 0 spiro atoms. The predicted octanol–water partition coefficient (Wildman–Crippen LogP) is 4.51. The maximum Gasteiger partial charge on any atom is 0.416 e. The van der Waals surface area contributed by atoms with Crippen LogP contribution in [-0.4, -0.2) is 19.1 Å². The first-order chi connectivity index (χ1) is 11.9. The van der Waals surface area contributed by atoms with Crippen molar-refractivity contribution in [2.75, 3.05) is 18.5 Å². The summed E-state index contributed by atoms with van der Waals surface area (Å²) in [7, 11) is 0. The molecule has 0 aromatic heterocycles. The van der Waals surface area contributed by atoms with Crippen molar-refractivity contribution in [3.8, 4) is 11.5 Å². The van der Waals surface area contributed by atoms with Gasteiger partial charge >= 0.3 is 6.18 Å². The number of rotatable bonds is 7. The predicted molar refractivity (Wildman–Crippen MR) is 87.8 cm³/mol. The molecule has 1 amide bonds. The Morgan fingerprint density at radius 2 is 1.80 bits per heavy atom. The van der Waals surface area contributed by atoms with Crippen LogP contribution in [-0.2, 0) is 11.0 Å². The third-order valence-corrected chi connectivity index (χ3v) is 3.16. The molecule has 134 valence electrons. The molecule has 0 radical (unpaired) electrons. The molecule has 0 unspecified atom stereocenters. The van der Waals surface area contributed by atoms with Crippen LogP contribution in [0.5, 0.6) is 11.5 Å². The molecular weight excluding hydrogens is 335 g/mol. The van der Waals surface area contributed by atoms with E-state index in [-0.39, 0.29) is 18.0 Å². The fourth-order valence-corrected chi connectivity index (χ4v) is 1.99. The first-order valence-corrected chi connectivity index (χ1v) is 7.72. The van der Waals surface area contributed by atoms with Crippen LogP contribution in [0.25, 0.3) is 0 Å². The Morgan fingerprint density at radius 3 is 2.44 bits per heavy atom. The molecule has 0 aliphatic carbocycles. The number of benzene rings is 2. The molecule has 25 heavy (non-hydrogen) atoms. The Labute approximate surface area is 143 Å². The monoisotopic (exact) mass is 353 g/mol. The Bertz CT molecular complexity index is 702. The van der Waals surface area contributed by atoms with E-state index in [1.165, 1.54) is 6.07 Å². The van der Waals surface area contributed by atoms with Gasteiger partial charge < -0.3 is 14.8 Å². The number of ether oxygens (including phenoxy) is 2. The molecule has 0 fully saturated rings. The lowest BCUT2D eigenvalue weighted by Gasteiger charge is -2.15. The molecule has 1 N–H and O–H groups in total. The van der Waals surface area contributed by atoms with Crippen molar-refractivity contribution in [2.24, 2.45) is 0 Å². The summed E-state index contributed by atoms with van der Waals surface area (Å²) >= 11 is 0. The molecule has 0 aliphatic heterocycles. The zero-order valence-electron chi connectivity index (χ0n) is 13.6. The molecule has 0 atom stereocenters. The number of alkyl halides is 3. The summed E-state index contributed by atoms with van der Waals surface area (Å²) < 4.78 is 49.3. The van der Waals surface area contributed by atoms with Gasteiger partial charge in [-0.1, -0.05) is 25.1 Å². The van der Waals surface area contributed by atoms with E-state index >= 15 is 0 Å². The summed E-state index contributed by atoms with van der Waals surface area (Å²) in [6, 6.07) is 11.6. The van der Waals surface area contributed by atoms with Gasteiger partial charge in [-0.05, 0) is 36.8 Å². The Morgan fingerprint density at radius 1 is 1.08 bits per heavy atom. The Balaban J connectivity index is 2.10. The largest absolute Gasteiger partial charge is 0.491 e. The molecule has 0 saturated carbocycles. The van der Waals surface area contributed by atoms with E-state index in [9.17, 15) is 18.0 Å². The summed E-state index contributed by atoms with van der Waals surface area (Å²) in [5, 5.41) is 2.41. The third kappa shape index (κ3) is 5.70. The van der Waals surface area contributed by atoms with Gasteiger partial charge in [-0.25, -0.2) is 0 Å². The van der Waals surface area contributed by atoms with Gasteiger partial charge in [0.2, 0.25) is 0 Å². The van der Waals surface area contributed by atoms with Crippen molar-refractivity contribution < 1.29 is 27.4 Å². The van der Waals surface area contributed by atoms with Crippen molar-refractivity contribution in [1.82, 2.24) is 0 Å². The highest BCUT2D eigenvalue weighted by Gasteiger charge is 2.31. The maximum absolute atomic E-state index is 12.9. The summed E-state index contributed by atoms with van der Waals surface area (Å²) in [4.78, 5) is 12.0. The van der Waals surface area contributed by atoms with Crippen LogP contribution in [0.2, 0.25) is 0 Å². The van der Waals surface area contributed by atoms with Gasteiger partial charge in [-0.3, -0.25) is 4.79 Å². The van der Waals surface area contributed by atoms with E-state index in [0.717, 1.165) is 12.1 Å². The van der Waals surface area contributed by atoms with Crippen molar-refractivity contribution >= 4 is 11.6 Å². The van der Waals surface area contributed by atoms with Crippen molar-refractivity contribution in [3.05, 3.63) is 54.1 Å². The molecule has 0 heterocycles. The number of amides is 1. The van der Waals surface area contributed by atoms with Crippen LogP contribution in [0.3, 0.4) is 0 Å². The highest BCUT2D eigenvalue weighted by Crippen LogP contribution is 2.35. The zero-order chi connectivity index (χ0) is 18.3. The van der Waals surface area contributed by atoms with Gasteiger partial charge in [0.1, 0.15) is 11.5 Å². The van der Waals surface area contributed by atoms with Crippen LogP contribution in [0.15, 0.2) is 48.5 Å². The van der Waals surface area contributed by atoms with Crippen LogP contribution < -0.4 is 14.8 Å². The average molecular weight is 353 g/mol. The summed E-state index contributed by atoms with van der Waals surface area (Å²) in [5.41, 5.74) is -0.902. The highest BCUT2D eigenvalue weighted by molar-refractivity contribution is 5.93. The normalized spacial score (nSPS) is 11.0. The summed E-state index contributed by atoms with van der Waals surface area (Å²) in [6.45, 7) is 1.87. The third-order valence-electron chi connectivity index (χ3n) is 3.16. The second-order valence-electron chi connectivity index (χ2n) is 5.21. The topological polar surface area (TPSA) is 47.6 Å². The lowest BCUT2D eigenvalue weighted by molar-refractivity contribution is -0.137. The molecule has 0 bridgehead atoms. The SMILES string of the molecule is CCCOc1ccc(C(F)(F)F)cc1NC(=O)COc1ccccc1. The van der Waals surface area contributed by atoms with E-state index in [0.29, 0.717) is 18.8 Å². The smallest absolute Gasteiger partial charge is 0.416 e. The molecular formula is C18H18F3NO3. The van der Waals surface area contributed by atoms with Crippen LogP contribution in [0.1, 0.15) is 18.9 Å². The van der Waals surface area contributed by atoms with Gasteiger partial charge in [0.25, 0.3) is 5.91 Å². The Hall–Kier alpha value is -2.70. The fraction of sp³-hybridized carbons (Fsp3) is 0.278. The van der Waals surface area contributed by atoms with E-state index in [2.05, 4.69) is 5.32 Å².